The minimum Gasteiger partial charge on any atom is -0.302 e. The van der Waals surface area contributed by atoms with Gasteiger partial charge in [-0.15, -0.1) is 11.8 Å². The molecule has 0 aliphatic carbocycles. The van der Waals surface area contributed by atoms with Crippen molar-refractivity contribution in [3.63, 3.8) is 0 Å². The zero-order valence-corrected chi connectivity index (χ0v) is 17.7. The average molecular weight is 405 g/mol. The van der Waals surface area contributed by atoms with Gasteiger partial charge in [-0.05, 0) is 75.2 Å². The van der Waals surface area contributed by atoms with E-state index in [1.807, 2.05) is 17.8 Å². The van der Waals surface area contributed by atoms with E-state index in [1.54, 1.807) is 24.3 Å². The monoisotopic (exact) mass is 404 g/mol. The zero-order chi connectivity index (χ0) is 19.3. The van der Waals surface area contributed by atoms with Crippen molar-refractivity contribution in [3.8, 4) is 0 Å². The molecule has 0 unspecified atom stereocenters. The van der Waals surface area contributed by atoms with Gasteiger partial charge in [-0.2, -0.15) is 0 Å². The smallest absolute Gasteiger partial charge is 0.240 e. The van der Waals surface area contributed by atoms with E-state index in [0.29, 0.717) is 4.90 Å². The standard InChI is InChI=1S/C21H28N2O2S2/c1-17-8-9-20(16-18(17)2)26-15-14-23-12-10-19(11-13-23)22-27(24,25)21-6-4-3-5-7-21/h3-9,16,19,22H,10-15H2,1-2H3. The van der Waals surface area contributed by atoms with Gasteiger partial charge in [0.1, 0.15) is 0 Å². The summed E-state index contributed by atoms with van der Waals surface area (Å²) in [5.41, 5.74) is 2.67. The molecule has 0 amide bonds. The molecular formula is C21H28N2O2S2. The molecule has 1 heterocycles. The molecule has 2 aromatic carbocycles. The highest BCUT2D eigenvalue weighted by molar-refractivity contribution is 7.99. The Bertz CT molecular complexity index is 846. The molecule has 0 saturated carbocycles. The summed E-state index contributed by atoms with van der Waals surface area (Å²) >= 11 is 1.89. The fourth-order valence-corrected chi connectivity index (χ4v) is 5.59. The Labute approximate surface area is 167 Å². The van der Waals surface area contributed by atoms with Gasteiger partial charge >= 0.3 is 0 Å². The summed E-state index contributed by atoms with van der Waals surface area (Å²) in [4.78, 5) is 4.10. The Morgan fingerprint density at radius 1 is 1.04 bits per heavy atom. The van der Waals surface area contributed by atoms with Crippen LogP contribution < -0.4 is 4.72 Å². The van der Waals surface area contributed by atoms with Crippen LogP contribution in [-0.2, 0) is 10.0 Å². The highest BCUT2D eigenvalue weighted by atomic mass is 32.2. The molecule has 0 bridgehead atoms. The number of hydrogen-bond donors (Lipinski definition) is 1. The number of nitrogens with zero attached hydrogens (tertiary/aromatic N) is 1. The Morgan fingerprint density at radius 2 is 1.74 bits per heavy atom. The van der Waals surface area contributed by atoms with E-state index < -0.39 is 10.0 Å². The molecule has 1 aliphatic heterocycles. The Kier molecular flexibility index (Phi) is 6.98. The second-order valence-electron chi connectivity index (χ2n) is 7.14. The van der Waals surface area contributed by atoms with Crippen molar-refractivity contribution in [3.05, 3.63) is 59.7 Å². The topological polar surface area (TPSA) is 49.4 Å². The molecule has 0 spiro atoms. The number of sulfonamides is 1. The summed E-state index contributed by atoms with van der Waals surface area (Å²) in [6, 6.07) is 15.3. The molecule has 6 heteroatoms. The number of rotatable bonds is 7. The first-order valence-corrected chi connectivity index (χ1v) is 11.9. The number of aryl methyl sites for hydroxylation is 2. The van der Waals surface area contributed by atoms with Crippen LogP contribution in [-0.4, -0.2) is 44.7 Å². The highest BCUT2D eigenvalue weighted by Crippen LogP contribution is 2.22. The van der Waals surface area contributed by atoms with Crippen LogP contribution in [0.2, 0.25) is 0 Å². The highest BCUT2D eigenvalue weighted by Gasteiger charge is 2.24. The predicted octanol–water partition coefficient (Wildman–Crippen LogP) is 3.84. The molecular weight excluding hydrogens is 376 g/mol. The van der Waals surface area contributed by atoms with Crippen LogP contribution in [0.5, 0.6) is 0 Å². The summed E-state index contributed by atoms with van der Waals surface area (Å²) < 4.78 is 27.7. The van der Waals surface area contributed by atoms with Gasteiger partial charge in [-0.25, -0.2) is 13.1 Å². The molecule has 4 nitrogen and oxygen atoms in total. The lowest BCUT2D eigenvalue weighted by molar-refractivity contribution is 0.218. The lowest BCUT2D eigenvalue weighted by atomic mass is 10.1. The van der Waals surface area contributed by atoms with Gasteiger partial charge in [0.2, 0.25) is 10.0 Å². The van der Waals surface area contributed by atoms with Crippen LogP contribution in [0.15, 0.2) is 58.3 Å². The number of likely N-dealkylation sites (tertiary alicyclic amines) is 1. The zero-order valence-electron chi connectivity index (χ0n) is 16.0. The van der Waals surface area contributed by atoms with Gasteiger partial charge in [0.15, 0.2) is 0 Å². The Morgan fingerprint density at radius 3 is 2.41 bits per heavy atom. The molecule has 146 valence electrons. The van der Waals surface area contributed by atoms with Crippen molar-refractivity contribution in [1.29, 1.82) is 0 Å². The van der Waals surface area contributed by atoms with Crippen molar-refractivity contribution in [2.75, 3.05) is 25.4 Å². The van der Waals surface area contributed by atoms with Gasteiger partial charge in [-0.1, -0.05) is 24.3 Å². The van der Waals surface area contributed by atoms with Crippen LogP contribution in [0.1, 0.15) is 24.0 Å². The summed E-state index contributed by atoms with van der Waals surface area (Å²) in [5.74, 6) is 1.06. The van der Waals surface area contributed by atoms with Gasteiger partial charge in [-0.3, -0.25) is 0 Å². The van der Waals surface area contributed by atoms with E-state index in [2.05, 4.69) is 41.7 Å². The first-order valence-electron chi connectivity index (χ1n) is 9.44. The molecule has 0 atom stereocenters. The lowest BCUT2D eigenvalue weighted by Crippen LogP contribution is -2.45. The summed E-state index contributed by atoms with van der Waals surface area (Å²) in [7, 11) is -3.41. The number of nitrogens with one attached hydrogen (secondary N) is 1. The van der Waals surface area contributed by atoms with Gasteiger partial charge in [0, 0.05) is 23.2 Å². The van der Waals surface area contributed by atoms with Crippen molar-refractivity contribution < 1.29 is 8.42 Å². The number of piperidine rings is 1. The van der Waals surface area contributed by atoms with E-state index in [9.17, 15) is 8.42 Å². The van der Waals surface area contributed by atoms with Crippen molar-refractivity contribution >= 4 is 21.8 Å². The lowest BCUT2D eigenvalue weighted by Gasteiger charge is -2.32. The third-order valence-electron chi connectivity index (χ3n) is 5.12. The largest absolute Gasteiger partial charge is 0.302 e. The van der Waals surface area contributed by atoms with Crippen LogP contribution in [0.3, 0.4) is 0 Å². The van der Waals surface area contributed by atoms with E-state index in [-0.39, 0.29) is 6.04 Å². The van der Waals surface area contributed by atoms with E-state index >= 15 is 0 Å². The van der Waals surface area contributed by atoms with E-state index in [0.717, 1.165) is 38.2 Å². The fourth-order valence-electron chi connectivity index (χ4n) is 3.26. The van der Waals surface area contributed by atoms with Crippen molar-refractivity contribution in [2.24, 2.45) is 0 Å². The van der Waals surface area contributed by atoms with Crippen LogP contribution in [0, 0.1) is 13.8 Å². The summed E-state index contributed by atoms with van der Waals surface area (Å²) in [6.45, 7) is 7.21. The summed E-state index contributed by atoms with van der Waals surface area (Å²) in [6.07, 6.45) is 1.72. The van der Waals surface area contributed by atoms with Crippen LogP contribution in [0.25, 0.3) is 0 Å². The van der Waals surface area contributed by atoms with Crippen molar-refractivity contribution in [1.82, 2.24) is 9.62 Å². The van der Waals surface area contributed by atoms with Gasteiger partial charge < -0.3 is 4.90 Å². The van der Waals surface area contributed by atoms with Crippen LogP contribution >= 0.6 is 11.8 Å². The minimum atomic E-state index is -3.41. The number of benzene rings is 2. The third kappa shape index (κ3) is 5.82. The molecule has 27 heavy (non-hydrogen) atoms. The van der Waals surface area contributed by atoms with Gasteiger partial charge in [0.25, 0.3) is 0 Å². The normalized spacial score (nSPS) is 16.5. The number of thioether (sulfide) groups is 1. The second kappa shape index (κ2) is 9.24. The molecule has 3 rings (SSSR count). The van der Waals surface area contributed by atoms with Crippen molar-refractivity contribution in [2.45, 2.75) is 42.5 Å². The fraction of sp³-hybridized carbons (Fsp3) is 0.429. The maximum absolute atomic E-state index is 12.4. The second-order valence-corrected chi connectivity index (χ2v) is 10.0. The first-order chi connectivity index (χ1) is 12.9. The molecule has 1 saturated heterocycles. The predicted molar refractivity (Wildman–Crippen MR) is 113 cm³/mol. The Balaban J connectivity index is 1.42. The van der Waals surface area contributed by atoms with E-state index in [1.165, 1.54) is 16.0 Å². The maximum Gasteiger partial charge on any atom is 0.240 e. The molecule has 0 radical (unpaired) electrons. The first kappa shape index (κ1) is 20.4. The summed E-state index contributed by atoms with van der Waals surface area (Å²) in [5, 5.41) is 0. The molecule has 1 N–H and O–H groups in total. The molecule has 1 fully saturated rings. The average Bonchev–Trinajstić information content (AvgIpc) is 2.66. The molecule has 1 aliphatic rings. The molecule has 0 aromatic heterocycles. The maximum atomic E-state index is 12.4. The number of hydrogen-bond acceptors (Lipinski definition) is 4. The van der Waals surface area contributed by atoms with Crippen LogP contribution in [0.4, 0.5) is 0 Å². The SMILES string of the molecule is Cc1ccc(SCCN2CCC(NS(=O)(=O)c3ccccc3)CC2)cc1C. The third-order valence-corrected chi connectivity index (χ3v) is 7.63. The molecule has 2 aromatic rings. The Hall–Kier alpha value is -1.34. The van der Waals surface area contributed by atoms with Gasteiger partial charge in [0.05, 0.1) is 4.90 Å². The quantitative estimate of drug-likeness (QED) is 0.713. The minimum absolute atomic E-state index is 0.0267. The van der Waals surface area contributed by atoms with E-state index in [4.69, 9.17) is 0 Å².